The molecule has 0 aliphatic carbocycles. The largest absolute Gasteiger partial charge is 0.478 e. The molecule has 0 bridgehead atoms. The smallest absolute Gasteiger partial charge is 0.355 e. The maximum absolute atomic E-state index is 12.1. The summed E-state index contributed by atoms with van der Waals surface area (Å²) in [6.07, 6.45) is 0. The number of carboxylic acids is 1. The number of nitrogens with zero attached hydrogens (tertiary/aromatic N) is 1. The van der Waals surface area contributed by atoms with E-state index in [0.29, 0.717) is 5.69 Å². The molecule has 8 heteroatoms. The van der Waals surface area contributed by atoms with Crippen LogP contribution in [0.15, 0.2) is 35.5 Å². The number of benzene rings is 1. The Morgan fingerprint density at radius 3 is 2.48 bits per heavy atom. The average Bonchev–Trinajstić information content (AvgIpc) is 2.59. The van der Waals surface area contributed by atoms with Gasteiger partial charge in [0, 0.05) is 5.69 Å². The number of carbonyl (C=O) groups excluding carboxylic acids is 2. The molecule has 0 radical (unpaired) electrons. The van der Waals surface area contributed by atoms with Crippen LogP contribution in [-0.2, 0) is 23.8 Å². The summed E-state index contributed by atoms with van der Waals surface area (Å²) in [5, 5.41) is 9.08. The van der Waals surface area contributed by atoms with Crippen LogP contribution in [0.1, 0.15) is 10.4 Å². The minimum atomic E-state index is -1.11. The molecular formula is C15H15NO7. The second-order valence-electron chi connectivity index (χ2n) is 4.57. The fourth-order valence-corrected chi connectivity index (χ4v) is 2.15. The molecule has 1 aromatic carbocycles. The summed E-state index contributed by atoms with van der Waals surface area (Å²) < 4.78 is 14.7. The molecule has 1 aliphatic rings. The molecular weight excluding hydrogens is 306 g/mol. The third-order valence-electron chi connectivity index (χ3n) is 3.24. The molecule has 0 aromatic heterocycles. The average molecular weight is 321 g/mol. The Bertz CT molecular complexity index is 680. The first kappa shape index (κ1) is 16.5. The lowest BCUT2D eigenvalue weighted by Gasteiger charge is -2.31. The van der Waals surface area contributed by atoms with Gasteiger partial charge < -0.3 is 24.2 Å². The van der Waals surface area contributed by atoms with Crippen LogP contribution < -0.4 is 4.90 Å². The summed E-state index contributed by atoms with van der Waals surface area (Å²) >= 11 is 0. The van der Waals surface area contributed by atoms with Crippen molar-refractivity contribution in [3.05, 3.63) is 41.1 Å². The van der Waals surface area contributed by atoms with Gasteiger partial charge in [-0.05, 0) is 18.2 Å². The molecule has 1 heterocycles. The molecule has 0 saturated carbocycles. The SMILES string of the molecule is COC(=O)C1=C(C(=O)OC)N(c2cccc(C(=O)O)c2)COC1. The van der Waals surface area contributed by atoms with E-state index in [-0.39, 0.29) is 30.2 Å². The van der Waals surface area contributed by atoms with Crippen LogP contribution in [0.25, 0.3) is 0 Å². The van der Waals surface area contributed by atoms with Crippen molar-refractivity contribution in [2.45, 2.75) is 0 Å². The van der Waals surface area contributed by atoms with Crippen LogP contribution in [0, 0.1) is 0 Å². The summed E-state index contributed by atoms with van der Waals surface area (Å²) in [6, 6.07) is 5.91. The molecule has 0 fully saturated rings. The first-order valence-corrected chi connectivity index (χ1v) is 6.58. The molecule has 8 nitrogen and oxygen atoms in total. The number of rotatable bonds is 4. The van der Waals surface area contributed by atoms with Gasteiger partial charge in [-0.1, -0.05) is 6.07 Å². The van der Waals surface area contributed by atoms with Gasteiger partial charge in [-0.15, -0.1) is 0 Å². The van der Waals surface area contributed by atoms with Crippen molar-refractivity contribution in [2.24, 2.45) is 0 Å². The Hall–Kier alpha value is -2.87. The Kier molecular flexibility index (Phi) is 4.97. The molecule has 0 atom stereocenters. The third-order valence-corrected chi connectivity index (χ3v) is 3.24. The van der Waals surface area contributed by atoms with Crippen LogP contribution in [0.4, 0.5) is 5.69 Å². The number of esters is 2. The molecule has 1 aliphatic heterocycles. The van der Waals surface area contributed by atoms with Gasteiger partial charge in [0.15, 0.2) is 0 Å². The predicted molar refractivity (Wildman–Crippen MR) is 77.8 cm³/mol. The van der Waals surface area contributed by atoms with E-state index in [0.717, 1.165) is 0 Å². The number of anilines is 1. The van der Waals surface area contributed by atoms with Crippen molar-refractivity contribution < 1.29 is 33.7 Å². The number of carbonyl (C=O) groups is 3. The van der Waals surface area contributed by atoms with Crippen LogP contribution >= 0.6 is 0 Å². The summed E-state index contributed by atoms with van der Waals surface area (Å²) in [4.78, 5) is 36.4. The van der Waals surface area contributed by atoms with Gasteiger partial charge >= 0.3 is 17.9 Å². The van der Waals surface area contributed by atoms with E-state index in [9.17, 15) is 14.4 Å². The number of hydrogen-bond donors (Lipinski definition) is 1. The fraction of sp³-hybridized carbons (Fsp3) is 0.267. The summed E-state index contributed by atoms with van der Waals surface area (Å²) in [5.41, 5.74) is 0.391. The van der Waals surface area contributed by atoms with Crippen LogP contribution in [0.2, 0.25) is 0 Å². The molecule has 0 amide bonds. The second kappa shape index (κ2) is 6.93. The van der Waals surface area contributed by atoms with Crippen molar-refractivity contribution in [3.8, 4) is 0 Å². The number of methoxy groups -OCH3 is 2. The maximum Gasteiger partial charge on any atom is 0.355 e. The maximum atomic E-state index is 12.1. The number of ether oxygens (including phenoxy) is 3. The lowest BCUT2D eigenvalue weighted by molar-refractivity contribution is -0.140. The van der Waals surface area contributed by atoms with Crippen molar-refractivity contribution in [2.75, 3.05) is 32.5 Å². The molecule has 0 unspecified atom stereocenters. The van der Waals surface area contributed by atoms with Crippen molar-refractivity contribution in [1.82, 2.24) is 0 Å². The van der Waals surface area contributed by atoms with E-state index < -0.39 is 17.9 Å². The van der Waals surface area contributed by atoms with Gasteiger partial charge in [0.25, 0.3) is 0 Å². The monoisotopic (exact) mass is 321 g/mol. The van der Waals surface area contributed by atoms with Gasteiger partial charge in [0.1, 0.15) is 12.4 Å². The van der Waals surface area contributed by atoms with Gasteiger partial charge in [-0.3, -0.25) is 0 Å². The van der Waals surface area contributed by atoms with E-state index in [4.69, 9.17) is 14.6 Å². The summed E-state index contributed by atoms with van der Waals surface area (Å²) in [5.74, 6) is -2.57. The Morgan fingerprint density at radius 2 is 1.87 bits per heavy atom. The zero-order valence-corrected chi connectivity index (χ0v) is 12.6. The first-order chi connectivity index (χ1) is 11.0. The number of hydrogen-bond acceptors (Lipinski definition) is 7. The van der Waals surface area contributed by atoms with Crippen molar-refractivity contribution in [3.63, 3.8) is 0 Å². The number of carboxylic acid groups (broad SMARTS) is 1. The normalized spacial score (nSPS) is 14.4. The van der Waals surface area contributed by atoms with E-state index in [2.05, 4.69) is 4.74 Å². The minimum Gasteiger partial charge on any atom is -0.478 e. The van der Waals surface area contributed by atoms with E-state index in [1.54, 1.807) is 6.07 Å². The Balaban J connectivity index is 2.55. The van der Waals surface area contributed by atoms with Crippen LogP contribution in [-0.4, -0.2) is 50.6 Å². The topological polar surface area (TPSA) is 102 Å². The second-order valence-corrected chi connectivity index (χ2v) is 4.57. The Morgan fingerprint density at radius 1 is 1.17 bits per heavy atom. The fourth-order valence-electron chi connectivity index (χ4n) is 2.15. The molecule has 23 heavy (non-hydrogen) atoms. The zero-order chi connectivity index (χ0) is 17.0. The lowest BCUT2D eigenvalue weighted by Crippen LogP contribution is -2.38. The standard InChI is InChI=1S/C15H15NO7/c1-21-14(19)11-7-23-8-16(12(11)15(20)22-2)10-5-3-4-9(6-10)13(17)18/h3-6H,7-8H2,1-2H3,(H,17,18). The van der Waals surface area contributed by atoms with Gasteiger partial charge in [0.2, 0.25) is 0 Å². The van der Waals surface area contributed by atoms with Crippen LogP contribution in [0.3, 0.4) is 0 Å². The highest BCUT2D eigenvalue weighted by Crippen LogP contribution is 2.27. The van der Waals surface area contributed by atoms with Gasteiger partial charge in [0.05, 0.1) is 32.0 Å². The Labute approximate surface area is 131 Å². The van der Waals surface area contributed by atoms with Gasteiger partial charge in [-0.2, -0.15) is 0 Å². The molecule has 1 N–H and O–H groups in total. The zero-order valence-electron chi connectivity index (χ0n) is 12.6. The molecule has 0 spiro atoms. The van der Waals surface area contributed by atoms with E-state index in [1.807, 2.05) is 0 Å². The van der Waals surface area contributed by atoms with Crippen molar-refractivity contribution in [1.29, 1.82) is 0 Å². The highest BCUT2D eigenvalue weighted by molar-refractivity contribution is 6.03. The highest BCUT2D eigenvalue weighted by Gasteiger charge is 2.32. The lowest BCUT2D eigenvalue weighted by atomic mass is 10.1. The molecule has 122 valence electrons. The van der Waals surface area contributed by atoms with Crippen molar-refractivity contribution >= 4 is 23.6 Å². The van der Waals surface area contributed by atoms with Gasteiger partial charge in [-0.25, -0.2) is 14.4 Å². The van der Waals surface area contributed by atoms with E-state index in [1.165, 1.54) is 37.3 Å². The number of aromatic carboxylic acids is 1. The third kappa shape index (κ3) is 3.32. The molecule has 1 aromatic rings. The summed E-state index contributed by atoms with van der Waals surface area (Å²) in [7, 11) is 2.37. The molecule has 2 rings (SSSR count). The predicted octanol–water partition coefficient (Wildman–Crippen LogP) is 0.779. The quantitative estimate of drug-likeness (QED) is 0.812. The highest BCUT2D eigenvalue weighted by atomic mass is 16.5. The minimum absolute atomic E-state index is 0.00586. The van der Waals surface area contributed by atoms with E-state index >= 15 is 0 Å². The summed E-state index contributed by atoms with van der Waals surface area (Å²) in [6.45, 7) is -0.139. The molecule has 0 saturated heterocycles. The first-order valence-electron chi connectivity index (χ1n) is 6.58. The van der Waals surface area contributed by atoms with Crippen LogP contribution in [0.5, 0.6) is 0 Å².